The van der Waals surface area contributed by atoms with Gasteiger partial charge >= 0.3 is 0 Å². The Hall–Kier alpha value is -0.670. The Bertz CT molecular complexity index is 380. The van der Waals surface area contributed by atoms with Crippen LogP contribution in [0.3, 0.4) is 0 Å². The van der Waals surface area contributed by atoms with Crippen molar-refractivity contribution in [2.45, 2.75) is 12.3 Å². The van der Waals surface area contributed by atoms with Crippen LogP contribution in [0.5, 0.6) is 0 Å². The monoisotopic (exact) mass is 281 g/mol. The standard InChI is InChI=1S/C13H16BrNO/c1-15-7-6-10(8-15)12(9-16)11-4-2-3-5-13(11)14/h2-5,9-10,12H,6-8H2,1H3. The van der Waals surface area contributed by atoms with E-state index in [1.807, 2.05) is 24.3 Å². The van der Waals surface area contributed by atoms with Gasteiger partial charge in [-0.2, -0.15) is 0 Å². The Labute approximate surface area is 105 Å². The number of likely N-dealkylation sites (tertiary alicyclic amines) is 1. The van der Waals surface area contributed by atoms with Gasteiger partial charge in [0.05, 0.1) is 0 Å². The lowest BCUT2D eigenvalue weighted by atomic mass is 9.86. The molecule has 0 N–H and O–H groups in total. The minimum absolute atomic E-state index is 0.0283. The van der Waals surface area contributed by atoms with E-state index in [1.54, 1.807) is 0 Å². The molecule has 2 rings (SSSR count). The lowest BCUT2D eigenvalue weighted by Crippen LogP contribution is -2.19. The smallest absolute Gasteiger partial charge is 0.127 e. The van der Waals surface area contributed by atoms with Crippen molar-refractivity contribution in [3.05, 3.63) is 34.3 Å². The summed E-state index contributed by atoms with van der Waals surface area (Å²) < 4.78 is 1.04. The maximum absolute atomic E-state index is 11.3. The average Bonchev–Trinajstić information content (AvgIpc) is 2.69. The van der Waals surface area contributed by atoms with E-state index in [2.05, 4.69) is 27.9 Å². The summed E-state index contributed by atoms with van der Waals surface area (Å²) in [4.78, 5) is 13.6. The summed E-state index contributed by atoms with van der Waals surface area (Å²) >= 11 is 3.53. The molecule has 0 aliphatic carbocycles. The van der Waals surface area contributed by atoms with Crippen LogP contribution in [-0.2, 0) is 4.79 Å². The predicted molar refractivity (Wildman–Crippen MR) is 68.6 cm³/mol. The summed E-state index contributed by atoms with van der Waals surface area (Å²) in [5, 5.41) is 0. The maximum Gasteiger partial charge on any atom is 0.127 e. The molecule has 2 atom stereocenters. The number of hydrogen-bond acceptors (Lipinski definition) is 2. The molecule has 0 bridgehead atoms. The molecule has 0 radical (unpaired) electrons. The Morgan fingerprint density at radius 2 is 2.25 bits per heavy atom. The lowest BCUT2D eigenvalue weighted by Gasteiger charge is -2.19. The molecule has 0 saturated carbocycles. The van der Waals surface area contributed by atoms with Gasteiger partial charge < -0.3 is 9.69 Å². The van der Waals surface area contributed by atoms with Gasteiger partial charge in [0.2, 0.25) is 0 Å². The second-order valence-corrected chi connectivity index (χ2v) is 5.35. The molecule has 0 aromatic heterocycles. The van der Waals surface area contributed by atoms with Gasteiger partial charge in [-0.15, -0.1) is 0 Å². The largest absolute Gasteiger partial charge is 0.306 e. The number of halogens is 1. The van der Waals surface area contributed by atoms with Crippen molar-refractivity contribution in [3.8, 4) is 0 Å². The first-order valence-electron chi connectivity index (χ1n) is 5.60. The van der Waals surface area contributed by atoms with Crippen LogP contribution in [0.25, 0.3) is 0 Å². The van der Waals surface area contributed by atoms with E-state index < -0.39 is 0 Å². The van der Waals surface area contributed by atoms with E-state index in [-0.39, 0.29) is 5.92 Å². The summed E-state index contributed by atoms with van der Waals surface area (Å²) in [6.07, 6.45) is 2.21. The van der Waals surface area contributed by atoms with E-state index >= 15 is 0 Å². The predicted octanol–water partition coefficient (Wildman–Crippen LogP) is 2.68. The van der Waals surface area contributed by atoms with Gasteiger partial charge in [-0.05, 0) is 37.6 Å². The van der Waals surface area contributed by atoms with Crippen LogP contribution in [0.15, 0.2) is 28.7 Å². The molecule has 86 valence electrons. The van der Waals surface area contributed by atoms with Crippen molar-refractivity contribution in [2.75, 3.05) is 20.1 Å². The molecule has 1 aromatic carbocycles. The topological polar surface area (TPSA) is 20.3 Å². The second-order valence-electron chi connectivity index (χ2n) is 4.49. The molecule has 1 aliphatic heterocycles. The van der Waals surface area contributed by atoms with E-state index in [9.17, 15) is 4.79 Å². The lowest BCUT2D eigenvalue weighted by molar-refractivity contribution is -0.110. The Morgan fingerprint density at radius 3 is 2.81 bits per heavy atom. The Morgan fingerprint density at radius 1 is 1.50 bits per heavy atom. The normalized spacial score (nSPS) is 23.2. The number of carbonyl (C=O) groups excluding carboxylic acids is 1. The SMILES string of the molecule is CN1CCC(C(C=O)c2ccccc2Br)C1. The van der Waals surface area contributed by atoms with Gasteiger partial charge in [0, 0.05) is 16.9 Å². The Balaban J connectivity index is 2.23. The number of hydrogen-bond donors (Lipinski definition) is 0. The molecule has 1 saturated heterocycles. The molecule has 16 heavy (non-hydrogen) atoms. The van der Waals surface area contributed by atoms with E-state index in [0.29, 0.717) is 5.92 Å². The minimum atomic E-state index is 0.0283. The third-order valence-corrected chi connectivity index (χ3v) is 4.07. The summed E-state index contributed by atoms with van der Waals surface area (Å²) in [6.45, 7) is 2.12. The van der Waals surface area contributed by atoms with Gasteiger partial charge in [-0.3, -0.25) is 0 Å². The highest BCUT2D eigenvalue weighted by molar-refractivity contribution is 9.10. The van der Waals surface area contributed by atoms with Crippen molar-refractivity contribution < 1.29 is 4.79 Å². The zero-order chi connectivity index (χ0) is 11.5. The van der Waals surface area contributed by atoms with Gasteiger partial charge in [0.1, 0.15) is 6.29 Å². The third kappa shape index (κ3) is 2.36. The summed E-state index contributed by atoms with van der Waals surface area (Å²) in [7, 11) is 2.11. The van der Waals surface area contributed by atoms with Crippen molar-refractivity contribution in [2.24, 2.45) is 5.92 Å². The van der Waals surface area contributed by atoms with Crippen molar-refractivity contribution in [1.82, 2.24) is 4.90 Å². The highest BCUT2D eigenvalue weighted by Gasteiger charge is 2.29. The number of nitrogens with zero attached hydrogens (tertiary/aromatic N) is 1. The van der Waals surface area contributed by atoms with Crippen molar-refractivity contribution in [3.63, 3.8) is 0 Å². The summed E-state index contributed by atoms with van der Waals surface area (Å²) in [6, 6.07) is 8.03. The third-order valence-electron chi connectivity index (χ3n) is 3.35. The molecule has 3 heteroatoms. The van der Waals surface area contributed by atoms with Gasteiger partial charge in [0.15, 0.2) is 0 Å². The zero-order valence-corrected chi connectivity index (χ0v) is 11.0. The van der Waals surface area contributed by atoms with Crippen LogP contribution in [-0.4, -0.2) is 31.3 Å². The number of benzene rings is 1. The van der Waals surface area contributed by atoms with Crippen LogP contribution < -0.4 is 0 Å². The van der Waals surface area contributed by atoms with Crippen LogP contribution in [0.4, 0.5) is 0 Å². The highest BCUT2D eigenvalue weighted by Crippen LogP contribution is 2.33. The fraction of sp³-hybridized carbons (Fsp3) is 0.462. The molecule has 1 fully saturated rings. The van der Waals surface area contributed by atoms with Crippen molar-refractivity contribution >= 4 is 22.2 Å². The van der Waals surface area contributed by atoms with E-state index in [0.717, 1.165) is 35.8 Å². The molecular weight excluding hydrogens is 266 g/mol. The second kappa shape index (κ2) is 5.11. The van der Waals surface area contributed by atoms with Crippen LogP contribution in [0.1, 0.15) is 17.9 Å². The molecule has 2 nitrogen and oxygen atoms in total. The number of carbonyl (C=O) groups is 1. The van der Waals surface area contributed by atoms with Gasteiger partial charge in [-0.25, -0.2) is 0 Å². The number of rotatable bonds is 3. The fourth-order valence-corrected chi connectivity index (χ4v) is 3.00. The zero-order valence-electron chi connectivity index (χ0n) is 9.40. The molecule has 2 unspecified atom stereocenters. The molecule has 1 heterocycles. The molecule has 1 aromatic rings. The highest BCUT2D eigenvalue weighted by atomic mass is 79.9. The van der Waals surface area contributed by atoms with E-state index in [4.69, 9.17) is 0 Å². The van der Waals surface area contributed by atoms with Crippen LogP contribution >= 0.6 is 15.9 Å². The first-order chi connectivity index (χ1) is 7.72. The summed E-state index contributed by atoms with van der Waals surface area (Å²) in [5.41, 5.74) is 1.12. The van der Waals surface area contributed by atoms with E-state index in [1.165, 1.54) is 0 Å². The van der Waals surface area contributed by atoms with Crippen LogP contribution in [0.2, 0.25) is 0 Å². The maximum atomic E-state index is 11.3. The molecule has 1 aliphatic rings. The molecule has 0 spiro atoms. The Kier molecular flexibility index (Phi) is 3.77. The number of aldehydes is 1. The first kappa shape index (κ1) is 11.8. The fourth-order valence-electron chi connectivity index (χ4n) is 2.45. The average molecular weight is 282 g/mol. The first-order valence-corrected chi connectivity index (χ1v) is 6.40. The quantitative estimate of drug-likeness (QED) is 0.794. The van der Waals surface area contributed by atoms with Crippen molar-refractivity contribution in [1.29, 1.82) is 0 Å². The van der Waals surface area contributed by atoms with Gasteiger partial charge in [-0.1, -0.05) is 34.1 Å². The molecule has 0 amide bonds. The van der Waals surface area contributed by atoms with Gasteiger partial charge in [0.25, 0.3) is 0 Å². The molecular formula is C13H16BrNO. The minimum Gasteiger partial charge on any atom is -0.306 e. The summed E-state index contributed by atoms with van der Waals surface area (Å²) in [5.74, 6) is 0.488. The van der Waals surface area contributed by atoms with Crippen LogP contribution in [0, 0.1) is 5.92 Å².